The lowest BCUT2D eigenvalue weighted by Gasteiger charge is -2.10. The van der Waals surface area contributed by atoms with Crippen molar-refractivity contribution in [3.63, 3.8) is 0 Å². The van der Waals surface area contributed by atoms with Gasteiger partial charge in [-0.05, 0) is 12.1 Å². The van der Waals surface area contributed by atoms with Gasteiger partial charge in [-0.2, -0.15) is 0 Å². The molecule has 0 heterocycles. The molecule has 0 amide bonds. The molecule has 1 aromatic carbocycles. The molecule has 2 N–H and O–H groups in total. The number of hydrogen-bond donors (Lipinski definition) is 2. The van der Waals surface area contributed by atoms with Gasteiger partial charge in [0.05, 0.1) is 34.8 Å². The molecule has 0 atom stereocenters. The standard InChI is InChI=1S/C14H10O8/c1-3-21-13(19)9-5-7(11(15)16)8(12(17)18)6-10(9)14(20)22-4-2/h3-6H,1-2H2,(H,15,16)(H,17,18). The molecule has 0 saturated heterocycles. The van der Waals surface area contributed by atoms with E-state index in [4.69, 9.17) is 10.2 Å². The van der Waals surface area contributed by atoms with Gasteiger partial charge in [-0.3, -0.25) is 0 Å². The Labute approximate surface area is 123 Å². The van der Waals surface area contributed by atoms with Gasteiger partial charge in [0.15, 0.2) is 0 Å². The maximum Gasteiger partial charge on any atom is 0.343 e. The zero-order valence-corrected chi connectivity index (χ0v) is 11.1. The third-order valence-electron chi connectivity index (χ3n) is 2.44. The Morgan fingerprint density at radius 3 is 1.32 bits per heavy atom. The number of carboxylic acid groups (broad SMARTS) is 2. The first kappa shape index (κ1) is 16.6. The second-order valence-corrected chi connectivity index (χ2v) is 3.70. The number of carbonyl (C=O) groups is 4. The van der Waals surface area contributed by atoms with Crippen molar-refractivity contribution >= 4 is 23.9 Å². The van der Waals surface area contributed by atoms with Crippen LogP contribution in [-0.4, -0.2) is 34.1 Å². The van der Waals surface area contributed by atoms with Crippen molar-refractivity contribution in [1.29, 1.82) is 0 Å². The van der Waals surface area contributed by atoms with Gasteiger partial charge in [-0.15, -0.1) is 0 Å². The molecule has 0 aliphatic heterocycles. The fourth-order valence-corrected chi connectivity index (χ4v) is 1.57. The molecule has 1 aromatic rings. The molecule has 22 heavy (non-hydrogen) atoms. The SMILES string of the molecule is C=COC(=O)c1cc(C(=O)O)c(C(=O)O)cc1C(=O)OC=C. The van der Waals surface area contributed by atoms with Crippen LogP contribution < -0.4 is 0 Å². The van der Waals surface area contributed by atoms with Crippen molar-refractivity contribution in [3.8, 4) is 0 Å². The Hall–Kier alpha value is -3.42. The number of ether oxygens (including phenoxy) is 2. The van der Waals surface area contributed by atoms with Gasteiger partial charge in [-0.1, -0.05) is 13.2 Å². The van der Waals surface area contributed by atoms with Crippen LogP contribution in [0.1, 0.15) is 41.4 Å². The maximum absolute atomic E-state index is 11.8. The normalized spacial score (nSPS) is 9.45. The molecule has 0 aliphatic carbocycles. The van der Waals surface area contributed by atoms with Gasteiger partial charge in [0.25, 0.3) is 0 Å². The van der Waals surface area contributed by atoms with E-state index in [1.807, 2.05) is 0 Å². The van der Waals surface area contributed by atoms with Gasteiger partial charge in [0.1, 0.15) is 0 Å². The monoisotopic (exact) mass is 306 g/mol. The summed E-state index contributed by atoms with van der Waals surface area (Å²) >= 11 is 0. The summed E-state index contributed by atoms with van der Waals surface area (Å²) in [5.74, 6) is -5.36. The minimum atomic E-state index is -1.59. The van der Waals surface area contributed by atoms with Crippen molar-refractivity contribution in [2.45, 2.75) is 0 Å². The topological polar surface area (TPSA) is 127 Å². The van der Waals surface area contributed by atoms with Crippen LogP contribution in [0.5, 0.6) is 0 Å². The summed E-state index contributed by atoms with van der Waals surface area (Å²) in [4.78, 5) is 45.7. The van der Waals surface area contributed by atoms with E-state index in [1.165, 1.54) is 0 Å². The van der Waals surface area contributed by atoms with E-state index in [1.54, 1.807) is 0 Å². The van der Waals surface area contributed by atoms with Crippen molar-refractivity contribution in [3.05, 3.63) is 60.1 Å². The van der Waals surface area contributed by atoms with E-state index in [9.17, 15) is 19.2 Å². The van der Waals surface area contributed by atoms with Gasteiger partial charge in [0, 0.05) is 0 Å². The van der Waals surface area contributed by atoms with Crippen LogP contribution >= 0.6 is 0 Å². The molecule has 114 valence electrons. The third kappa shape index (κ3) is 3.37. The van der Waals surface area contributed by atoms with Crippen LogP contribution in [0, 0.1) is 0 Å². The molecule has 0 fully saturated rings. The number of rotatable bonds is 6. The molecule has 0 spiro atoms. The Morgan fingerprint density at radius 2 is 1.09 bits per heavy atom. The smallest absolute Gasteiger partial charge is 0.343 e. The lowest BCUT2D eigenvalue weighted by molar-refractivity contribution is 0.0613. The fraction of sp³-hybridized carbons (Fsp3) is 0. The molecule has 0 aliphatic rings. The van der Waals surface area contributed by atoms with Crippen LogP contribution in [0.4, 0.5) is 0 Å². The summed E-state index contributed by atoms with van der Waals surface area (Å²) in [5.41, 5.74) is -2.32. The third-order valence-corrected chi connectivity index (χ3v) is 2.44. The van der Waals surface area contributed by atoms with E-state index in [0.29, 0.717) is 0 Å². The summed E-state index contributed by atoms with van der Waals surface area (Å²) in [7, 11) is 0. The highest BCUT2D eigenvalue weighted by atomic mass is 16.5. The fourth-order valence-electron chi connectivity index (χ4n) is 1.57. The van der Waals surface area contributed by atoms with Crippen molar-refractivity contribution in [1.82, 2.24) is 0 Å². The van der Waals surface area contributed by atoms with Crippen LogP contribution in [0.15, 0.2) is 37.8 Å². The van der Waals surface area contributed by atoms with Gasteiger partial charge in [-0.25, -0.2) is 19.2 Å². The Balaban J connectivity index is 3.66. The number of carboxylic acids is 2. The predicted octanol–water partition coefficient (Wildman–Crippen LogP) is 1.68. The average Bonchev–Trinajstić information content (AvgIpc) is 2.46. The van der Waals surface area contributed by atoms with Gasteiger partial charge < -0.3 is 19.7 Å². The zero-order valence-electron chi connectivity index (χ0n) is 11.1. The van der Waals surface area contributed by atoms with Gasteiger partial charge >= 0.3 is 23.9 Å². The highest BCUT2D eigenvalue weighted by Crippen LogP contribution is 2.20. The quantitative estimate of drug-likeness (QED) is 0.600. The number of esters is 2. The first-order chi connectivity index (χ1) is 10.3. The number of aromatic carboxylic acids is 2. The van der Waals surface area contributed by atoms with Crippen LogP contribution in [0.2, 0.25) is 0 Å². The van der Waals surface area contributed by atoms with Crippen LogP contribution in [-0.2, 0) is 9.47 Å². The summed E-state index contributed by atoms with van der Waals surface area (Å²) in [6.07, 6.45) is 1.55. The lowest BCUT2D eigenvalue weighted by Crippen LogP contribution is -2.17. The number of hydrogen-bond acceptors (Lipinski definition) is 6. The Morgan fingerprint density at radius 1 is 0.773 bits per heavy atom. The molecule has 0 aromatic heterocycles. The first-order valence-electron chi connectivity index (χ1n) is 5.61. The van der Waals surface area contributed by atoms with E-state index in [-0.39, 0.29) is 0 Å². The summed E-state index contributed by atoms with van der Waals surface area (Å²) < 4.78 is 8.97. The second-order valence-electron chi connectivity index (χ2n) is 3.70. The van der Waals surface area contributed by atoms with Crippen LogP contribution in [0.3, 0.4) is 0 Å². The largest absolute Gasteiger partial charge is 0.478 e. The Bertz CT molecular complexity index is 627. The predicted molar refractivity (Wildman–Crippen MR) is 71.6 cm³/mol. The minimum Gasteiger partial charge on any atom is -0.478 e. The summed E-state index contributed by atoms with van der Waals surface area (Å²) in [5, 5.41) is 18.0. The molecular weight excluding hydrogens is 296 g/mol. The van der Waals surface area contributed by atoms with Crippen molar-refractivity contribution < 1.29 is 38.9 Å². The molecule has 1 rings (SSSR count). The average molecular weight is 306 g/mol. The van der Waals surface area contributed by atoms with E-state index >= 15 is 0 Å². The zero-order chi connectivity index (χ0) is 16.9. The lowest BCUT2D eigenvalue weighted by atomic mass is 9.98. The van der Waals surface area contributed by atoms with Crippen molar-refractivity contribution in [2.24, 2.45) is 0 Å². The van der Waals surface area contributed by atoms with E-state index < -0.39 is 46.1 Å². The molecular formula is C14H10O8. The molecule has 0 unspecified atom stereocenters. The second kappa shape index (κ2) is 6.84. The molecule has 8 nitrogen and oxygen atoms in total. The maximum atomic E-state index is 11.8. The first-order valence-corrected chi connectivity index (χ1v) is 5.61. The van der Waals surface area contributed by atoms with Crippen molar-refractivity contribution in [2.75, 3.05) is 0 Å². The summed E-state index contributed by atoms with van der Waals surface area (Å²) in [6.45, 7) is 6.31. The minimum absolute atomic E-state index is 0.478. The number of benzene rings is 1. The molecule has 0 radical (unpaired) electrons. The van der Waals surface area contributed by atoms with E-state index in [2.05, 4.69) is 22.6 Å². The molecule has 8 heteroatoms. The number of carbonyl (C=O) groups excluding carboxylic acids is 2. The highest BCUT2D eigenvalue weighted by Gasteiger charge is 2.26. The molecule has 0 saturated carbocycles. The molecule has 0 bridgehead atoms. The van der Waals surface area contributed by atoms with Gasteiger partial charge in [0.2, 0.25) is 0 Å². The summed E-state index contributed by atoms with van der Waals surface area (Å²) in [6, 6.07) is 1.44. The van der Waals surface area contributed by atoms with Crippen LogP contribution in [0.25, 0.3) is 0 Å². The van der Waals surface area contributed by atoms with E-state index in [0.717, 1.165) is 24.7 Å². The highest BCUT2D eigenvalue weighted by molar-refractivity contribution is 6.09. The Kier molecular flexibility index (Phi) is 5.17.